The first kappa shape index (κ1) is 17.1. The molecule has 0 aliphatic heterocycles. The second-order valence-electron chi connectivity index (χ2n) is 4.78. The number of hydrogen-bond acceptors (Lipinski definition) is 4. The summed E-state index contributed by atoms with van der Waals surface area (Å²) in [6.07, 6.45) is 0. The van der Waals surface area contributed by atoms with Crippen molar-refractivity contribution in [3.8, 4) is 6.07 Å². The first-order valence-electron chi connectivity index (χ1n) is 6.80. The van der Waals surface area contributed by atoms with Crippen LogP contribution in [0, 0.1) is 23.0 Å². The van der Waals surface area contributed by atoms with Crippen LogP contribution in [0.25, 0.3) is 0 Å². The van der Waals surface area contributed by atoms with E-state index >= 15 is 0 Å². The van der Waals surface area contributed by atoms with Crippen LogP contribution in [0.3, 0.4) is 0 Å². The van der Waals surface area contributed by atoms with E-state index in [1.54, 1.807) is 0 Å². The van der Waals surface area contributed by atoms with Gasteiger partial charge in [-0.1, -0.05) is 0 Å². The van der Waals surface area contributed by atoms with E-state index in [1.807, 2.05) is 6.07 Å². The van der Waals surface area contributed by atoms with Crippen LogP contribution in [-0.2, 0) is 9.53 Å². The summed E-state index contributed by atoms with van der Waals surface area (Å²) >= 11 is 0. The summed E-state index contributed by atoms with van der Waals surface area (Å²) < 4.78 is 31.8. The average molecular weight is 330 g/mol. The highest BCUT2D eigenvalue weighted by molar-refractivity contribution is 5.97. The highest BCUT2D eigenvalue weighted by Gasteiger charge is 2.27. The van der Waals surface area contributed by atoms with E-state index in [-0.39, 0.29) is 11.1 Å². The molecule has 0 heterocycles. The maximum atomic E-state index is 13.9. The molecule has 1 atom stereocenters. The van der Waals surface area contributed by atoms with Crippen LogP contribution in [0.15, 0.2) is 42.5 Å². The Bertz CT molecular complexity index is 814. The summed E-state index contributed by atoms with van der Waals surface area (Å²) in [4.78, 5) is 24.1. The molecule has 2 aromatic carbocycles. The Hall–Kier alpha value is -3.27. The molecule has 2 aromatic rings. The largest absolute Gasteiger partial charge is 0.467 e. The number of nitrogens with zero attached hydrogens (tertiary/aromatic N) is 1. The summed E-state index contributed by atoms with van der Waals surface area (Å²) in [5.41, 5.74) is 0.163. The fourth-order valence-electron chi connectivity index (χ4n) is 2.03. The van der Waals surface area contributed by atoms with Crippen LogP contribution >= 0.6 is 0 Å². The van der Waals surface area contributed by atoms with E-state index in [4.69, 9.17) is 5.26 Å². The van der Waals surface area contributed by atoms with Crippen molar-refractivity contribution in [2.75, 3.05) is 7.11 Å². The van der Waals surface area contributed by atoms with Gasteiger partial charge in [-0.2, -0.15) is 5.26 Å². The number of rotatable bonds is 4. The Balaban J connectivity index is 2.32. The van der Waals surface area contributed by atoms with E-state index in [2.05, 4.69) is 10.1 Å². The predicted octanol–water partition coefficient (Wildman–Crippen LogP) is 2.48. The lowest BCUT2D eigenvalue weighted by atomic mass is 10.0. The standard InChI is InChI=1S/C17H12F2N2O3/c1-24-17(23)15(13-8-12(18)6-7-14(13)19)21-16(22)11-4-2-10(9-20)3-5-11/h2-8,15H,1H3,(H,21,22). The lowest BCUT2D eigenvalue weighted by Gasteiger charge is -2.17. The molecule has 0 aliphatic rings. The number of halogens is 2. The molecule has 0 aromatic heterocycles. The zero-order valence-electron chi connectivity index (χ0n) is 12.5. The monoisotopic (exact) mass is 330 g/mol. The average Bonchev–Trinajstić information content (AvgIpc) is 2.61. The van der Waals surface area contributed by atoms with Gasteiger partial charge in [-0.15, -0.1) is 0 Å². The van der Waals surface area contributed by atoms with Gasteiger partial charge in [0.2, 0.25) is 0 Å². The number of hydrogen-bond donors (Lipinski definition) is 1. The summed E-state index contributed by atoms with van der Waals surface area (Å²) in [6.45, 7) is 0. The van der Waals surface area contributed by atoms with Crippen LogP contribution in [-0.4, -0.2) is 19.0 Å². The molecule has 1 N–H and O–H groups in total. The Morgan fingerprint density at radius 2 is 1.83 bits per heavy atom. The number of nitrogens with one attached hydrogen (secondary N) is 1. The van der Waals surface area contributed by atoms with Crippen molar-refractivity contribution in [2.45, 2.75) is 6.04 Å². The molecular weight excluding hydrogens is 318 g/mol. The van der Waals surface area contributed by atoms with Gasteiger partial charge in [0.1, 0.15) is 11.6 Å². The molecule has 122 valence electrons. The maximum absolute atomic E-state index is 13.9. The predicted molar refractivity (Wildman–Crippen MR) is 79.7 cm³/mol. The Morgan fingerprint density at radius 1 is 1.17 bits per heavy atom. The van der Waals surface area contributed by atoms with Crippen LogP contribution in [0.2, 0.25) is 0 Å². The van der Waals surface area contributed by atoms with E-state index < -0.39 is 29.6 Å². The van der Waals surface area contributed by atoms with Crippen molar-refractivity contribution >= 4 is 11.9 Å². The smallest absolute Gasteiger partial charge is 0.333 e. The number of amides is 1. The van der Waals surface area contributed by atoms with Crippen molar-refractivity contribution in [2.24, 2.45) is 0 Å². The van der Waals surface area contributed by atoms with Gasteiger partial charge in [0.05, 0.1) is 18.7 Å². The van der Waals surface area contributed by atoms with Crippen molar-refractivity contribution in [1.82, 2.24) is 5.32 Å². The molecule has 0 spiro atoms. The third kappa shape index (κ3) is 3.73. The van der Waals surface area contributed by atoms with Crippen molar-refractivity contribution in [3.63, 3.8) is 0 Å². The molecule has 0 radical (unpaired) electrons. The van der Waals surface area contributed by atoms with Gasteiger partial charge in [-0.3, -0.25) is 4.79 Å². The SMILES string of the molecule is COC(=O)C(NC(=O)c1ccc(C#N)cc1)c1cc(F)ccc1F. The van der Waals surface area contributed by atoms with E-state index in [0.717, 1.165) is 25.3 Å². The minimum atomic E-state index is -1.51. The van der Waals surface area contributed by atoms with Gasteiger partial charge >= 0.3 is 5.97 Å². The molecular formula is C17H12F2N2O3. The number of methoxy groups -OCH3 is 1. The molecule has 5 nitrogen and oxygen atoms in total. The van der Waals surface area contributed by atoms with Gasteiger partial charge in [0.25, 0.3) is 5.91 Å². The topological polar surface area (TPSA) is 79.2 Å². The first-order chi connectivity index (χ1) is 11.5. The first-order valence-corrected chi connectivity index (χ1v) is 6.80. The zero-order valence-corrected chi connectivity index (χ0v) is 12.5. The van der Waals surface area contributed by atoms with Gasteiger partial charge in [-0.05, 0) is 42.5 Å². The molecule has 2 rings (SSSR count). The second-order valence-corrected chi connectivity index (χ2v) is 4.78. The van der Waals surface area contributed by atoms with Gasteiger partial charge in [-0.25, -0.2) is 13.6 Å². The van der Waals surface area contributed by atoms with Crippen LogP contribution in [0.5, 0.6) is 0 Å². The summed E-state index contributed by atoms with van der Waals surface area (Å²) in [5, 5.41) is 11.0. The third-order valence-corrected chi connectivity index (χ3v) is 3.26. The molecule has 24 heavy (non-hydrogen) atoms. The molecule has 0 aliphatic carbocycles. The highest BCUT2D eigenvalue weighted by atomic mass is 19.1. The van der Waals surface area contributed by atoms with E-state index in [0.29, 0.717) is 5.56 Å². The molecule has 1 unspecified atom stereocenters. The van der Waals surface area contributed by atoms with Crippen LogP contribution in [0.4, 0.5) is 8.78 Å². The highest BCUT2D eigenvalue weighted by Crippen LogP contribution is 2.20. The Morgan fingerprint density at radius 3 is 2.42 bits per heavy atom. The third-order valence-electron chi connectivity index (χ3n) is 3.26. The maximum Gasteiger partial charge on any atom is 0.333 e. The normalized spacial score (nSPS) is 11.2. The fraction of sp³-hybridized carbons (Fsp3) is 0.118. The number of carbonyl (C=O) groups is 2. The molecule has 0 saturated heterocycles. The molecule has 0 fully saturated rings. The molecule has 7 heteroatoms. The fourth-order valence-corrected chi connectivity index (χ4v) is 2.03. The Kier molecular flexibility index (Phi) is 5.22. The number of ether oxygens (including phenoxy) is 1. The quantitative estimate of drug-likeness (QED) is 0.874. The number of nitriles is 1. The minimum Gasteiger partial charge on any atom is -0.467 e. The van der Waals surface area contributed by atoms with Crippen LogP contribution < -0.4 is 5.32 Å². The number of esters is 1. The lowest BCUT2D eigenvalue weighted by Crippen LogP contribution is -2.35. The summed E-state index contributed by atoms with van der Waals surface area (Å²) in [5.74, 6) is -3.25. The molecule has 0 saturated carbocycles. The van der Waals surface area contributed by atoms with Gasteiger partial charge in [0.15, 0.2) is 6.04 Å². The minimum absolute atomic E-state index is 0.153. The van der Waals surface area contributed by atoms with Crippen molar-refractivity contribution in [3.05, 3.63) is 70.8 Å². The zero-order chi connectivity index (χ0) is 17.7. The lowest BCUT2D eigenvalue weighted by molar-refractivity contribution is -0.143. The summed E-state index contributed by atoms with van der Waals surface area (Å²) in [7, 11) is 1.07. The number of benzene rings is 2. The second kappa shape index (κ2) is 7.33. The van der Waals surface area contributed by atoms with E-state index in [9.17, 15) is 18.4 Å². The number of carbonyl (C=O) groups excluding carboxylic acids is 2. The molecule has 1 amide bonds. The van der Waals surface area contributed by atoms with Crippen molar-refractivity contribution < 1.29 is 23.1 Å². The molecule has 0 bridgehead atoms. The van der Waals surface area contributed by atoms with Crippen molar-refractivity contribution in [1.29, 1.82) is 5.26 Å². The summed E-state index contributed by atoms with van der Waals surface area (Å²) in [6, 6.07) is 8.57. The van der Waals surface area contributed by atoms with Gasteiger partial charge in [0, 0.05) is 11.1 Å². The Labute approximate surface area is 136 Å². The van der Waals surface area contributed by atoms with E-state index in [1.165, 1.54) is 24.3 Å². The van der Waals surface area contributed by atoms with Crippen LogP contribution in [0.1, 0.15) is 27.5 Å². The van der Waals surface area contributed by atoms with Gasteiger partial charge < -0.3 is 10.1 Å².